The minimum absolute atomic E-state index is 0.683. The van der Waals surface area contributed by atoms with Gasteiger partial charge in [0.15, 0.2) is 0 Å². The smallest absolute Gasteiger partial charge is 0.0636 e. The molecule has 0 aliphatic carbocycles. The van der Waals surface area contributed by atoms with E-state index in [1.807, 2.05) is 19.1 Å². The molecule has 0 bridgehead atoms. The molecule has 4 N–H and O–H groups in total. The van der Waals surface area contributed by atoms with Crippen LogP contribution in [0.25, 0.3) is 0 Å². The Morgan fingerprint density at radius 2 is 1.90 bits per heavy atom. The second kappa shape index (κ2) is 2.50. The fourth-order valence-electron chi connectivity index (χ4n) is 0.706. The highest BCUT2D eigenvalue weighted by molar-refractivity contribution is 9.10. The summed E-state index contributed by atoms with van der Waals surface area (Å²) in [5.74, 6) is 0. The van der Waals surface area contributed by atoms with Crippen LogP contribution in [-0.2, 0) is 0 Å². The Kier molecular flexibility index (Phi) is 1.85. The second-order valence-corrected chi connectivity index (χ2v) is 2.99. The highest BCUT2D eigenvalue weighted by atomic mass is 79.9. The highest BCUT2D eigenvalue weighted by Crippen LogP contribution is 2.28. The SMILES string of the molecule is Cc1ccc(N)c(Br)c1N. The van der Waals surface area contributed by atoms with Gasteiger partial charge in [0.2, 0.25) is 0 Å². The number of benzene rings is 1. The summed E-state index contributed by atoms with van der Waals surface area (Å²) < 4.78 is 0.799. The van der Waals surface area contributed by atoms with Crippen LogP contribution in [0.1, 0.15) is 5.56 Å². The molecule has 2 nitrogen and oxygen atoms in total. The molecule has 0 heterocycles. The van der Waals surface area contributed by atoms with Crippen molar-refractivity contribution in [1.82, 2.24) is 0 Å². The Morgan fingerprint density at radius 3 is 2.40 bits per heavy atom. The van der Waals surface area contributed by atoms with E-state index < -0.39 is 0 Å². The molecule has 10 heavy (non-hydrogen) atoms. The van der Waals surface area contributed by atoms with E-state index >= 15 is 0 Å². The van der Waals surface area contributed by atoms with Crippen LogP contribution in [0, 0.1) is 6.92 Å². The maximum absolute atomic E-state index is 5.66. The maximum Gasteiger partial charge on any atom is 0.0636 e. The molecule has 0 spiro atoms. The molecule has 54 valence electrons. The number of aryl methyl sites for hydroxylation is 1. The first-order valence-electron chi connectivity index (χ1n) is 2.93. The van der Waals surface area contributed by atoms with Crippen LogP contribution < -0.4 is 11.5 Å². The van der Waals surface area contributed by atoms with Gasteiger partial charge in [-0.2, -0.15) is 0 Å². The zero-order valence-electron chi connectivity index (χ0n) is 5.69. The van der Waals surface area contributed by atoms with Crippen LogP contribution in [0.3, 0.4) is 0 Å². The average molecular weight is 201 g/mol. The molecular formula is C7H9BrN2. The van der Waals surface area contributed by atoms with Crippen molar-refractivity contribution < 1.29 is 0 Å². The van der Waals surface area contributed by atoms with Crippen molar-refractivity contribution in [2.45, 2.75) is 6.92 Å². The first-order chi connectivity index (χ1) is 4.63. The summed E-state index contributed by atoms with van der Waals surface area (Å²) in [7, 11) is 0. The quantitative estimate of drug-likeness (QED) is 0.630. The van der Waals surface area contributed by atoms with Gasteiger partial charge < -0.3 is 11.5 Å². The fourth-order valence-corrected chi connectivity index (χ4v) is 1.15. The third kappa shape index (κ3) is 1.09. The lowest BCUT2D eigenvalue weighted by molar-refractivity contribution is 1.45. The van der Waals surface area contributed by atoms with Crippen LogP contribution in [0.2, 0.25) is 0 Å². The van der Waals surface area contributed by atoms with E-state index in [4.69, 9.17) is 11.5 Å². The molecule has 1 rings (SSSR count). The van der Waals surface area contributed by atoms with Crippen molar-refractivity contribution in [1.29, 1.82) is 0 Å². The second-order valence-electron chi connectivity index (χ2n) is 2.20. The Balaban J connectivity index is 3.34. The normalized spacial score (nSPS) is 9.80. The minimum atomic E-state index is 0.683. The molecule has 0 aliphatic rings. The minimum Gasteiger partial charge on any atom is -0.398 e. The monoisotopic (exact) mass is 200 g/mol. The molecule has 0 radical (unpaired) electrons. The summed E-state index contributed by atoms with van der Waals surface area (Å²) >= 11 is 3.28. The van der Waals surface area contributed by atoms with Crippen LogP contribution in [0.15, 0.2) is 16.6 Å². The third-order valence-corrected chi connectivity index (χ3v) is 2.31. The predicted octanol–water partition coefficient (Wildman–Crippen LogP) is 1.92. The Bertz CT molecular complexity index is 231. The largest absolute Gasteiger partial charge is 0.398 e. The topological polar surface area (TPSA) is 52.0 Å². The number of halogens is 1. The van der Waals surface area contributed by atoms with E-state index in [0.717, 1.165) is 15.7 Å². The Hall–Kier alpha value is -0.700. The Morgan fingerprint density at radius 1 is 1.30 bits per heavy atom. The van der Waals surface area contributed by atoms with E-state index in [9.17, 15) is 0 Å². The van der Waals surface area contributed by atoms with Gasteiger partial charge in [0.25, 0.3) is 0 Å². The van der Waals surface area contributed by atoms with Crippen molar-refractivity contribution in [2.24, 2.45) is 0 Å². The van der Waals surface area contributed by atoms with Gasteiger partial charge in [0.05, 0.1) is 10.2 Å². The molecule has 1 aromatic rings. The van der Waals surface area contributed by atoms with E-state index in [0.29, 0.717) is 5.69 Å². The summed E-state index contributed by atoms with van der Waals surface area (Å²) in [6, 6.07) is 3.73. The van der Waals surface area contributed by atoms with Gasteiger partial charge in [0, 0.05) is 5.69 Å². The number of rotatable bonds is 0. The average Bonchev–Trinajstić information content (AvgIpc) is 1.93. The van der Waals surface area contributed by atoms with Crippen molar-refractivity contribution in [2.75, 3.05) is 11.5 Å². The van der Waals surface area contributed by atoms with Crippen molar-refractivity contribution in [3.05, 3.63) is 22.2 Å². The Labute approximate surface area is 68.3 Å². The van der Waals surface area contributed by atoms with Gasteiger partial charge in [-0.05, 0) is 34.5 Å². The van der Waals surface area contributed by atoms with Crippen LogP contribution >= 0.6 is 15.9 Å². The van der Waals surface area contributed by atoms with Crippen molar-refractivity contribution >= 4 is 27.3 Å². The first-order valence-corrected chi connectivity index (χ1v) is 3.72. The van der Waals surface area contributed by atoms with E-state index in [1.54, 1.807) is 0 Å². The predicted molar refractivity (Wildman–Crippen MR) is 47.7 cm³/mol. The number of nitrogens with two attached hydrogens (primary N) is 2. The zero-order valence-corrected chi connectivity index (χ0v) is 7.27. The number of anilines is 2. The summed E-state index contributed by atoms with van der Waals surface area (Å²) in [4.78, 5) is 0. The molecule has 1 aromatic carbocycles. The van der Waals surface area contributed by atoms with Gasteiger partial charge in [-0.1, -0.05) is 6.07 Å². The van der Waals surface area contributed by atoms with E-state index in [1.165, 1.54) is 0 Å². The van der Waals surface area contributed by atoms with Crippen LogP contribution in [0.4, 0.5) is 11.4 Å². The molecule has 0 unspecified atom stereocenters. The lowest BCUT2D eigenvalue weighted by atomic mass is 10.2. The van der Waals surface area contributed by atoms with Crippen molar-refractivity contribution in [3.8, 4) is 0 Å². The van der Waals surface area contributed by atoms with Crippen LogP contribution in [-0.4, -0.2) is 0 Å². The number of hydrogen-bond acceptors (Lipinski definition) is 2. The fraction of sp³-hybridized carbons (Fsp3) is 0.143. The lowest BCUT2D eigenvalue weighted by Gasteiger charge is -2.04. The van der Waals surface area contributed by atoms with Crippen LogP contribution in [0.5, 0.6) is 0 Å². The molecule has 0 saturated carbocycles. The van der Waals surface area contributed by atoms with Gasteiger partial charge in [-0.25, -0.2) is 0 Å². The van der Waals surface area contributed by atoms with Gasteiger partial charge in [-0.3, -0.25) is 0 Å². The zero-order chi connectivity index (χ0) is 7.72. The molecule has 3 heteroatoms. The third-order valence-electron chi connectivity index (χ3n) is 1.43. The summed E-state index contributed by atoms with van der Waals surface area (Å²) in [6.45, 7) is 1.94. The number of nitrogen functional groups attached to an aromatic ring is 2. The molecule has 0 atom stereocenters. The summed E-state index contributed by atoms with van der Waals surface area (Å²) in [5, 5.41) is 0. The van der Waals surface area contributed by atoms with E-state index in [-0.39, 0.29) is 0 Å². The van der Waals surface area contributed by atoms with E-state index in [2.05, 4.69) is 15.9 Å². The molecular weight excluding hydrogens is 192 g/mol. The van der Waals surface area contributed by atoms with Gasteiger partial charge in [0.1, 0.15) is 0 Å². The maximum atomic E-state index is 5.66. The molecule has 0 saturated heterocycles. The lowest BCUT2D eigenvalue weighted by Crippen LogP contribution is -1.94. The molecule has 0 fully saturated rings. The summed E-state index contributed by atoms with van der Waals surface area (Å²) in [6.07, 6.45) is 0. The highest BCUT2D eigenvalue weighted by Gasteiger charge is 2.00. The molecule has 0 aliphatic heterocycles. The molecule has 0 aromatic heterocycles. The van der Waals surface area contributed by atoms with Gasteiger partial charge >= 0.3 is 0 Å². The first kappa shape index (κ1) is 7.41. The molecule has 0 amide bonds. The number of hydrogen-bond donors (Lipinski definition) is 2. The van der Waals surface area contributed by atoms with Gasteiger partial charge in [-0.15, -0.1) is 0 Å². The summed E-state index contributed by atoms with van der Waals surface area (Å²) in [5.41, 5.74) is 13.7. The van der Waals surface area contributed by atoms with Crippen molar-refractivity contribution in [3.63, 3.8) is 0 Å². The standard InChI is InChI=1S/C7H9BrN2/c1-4-2-3-5(9)6(8)7(4)10/h2-3H,9-10H2,1H3.